The van der Waals surface area contributed by atoms with Crippen molar-refractivity contribution in [2.75, 3.05) is 49.6 Å². The first-order valence-electron chi connectivity index (χ1n) is 14.0. The van der Waals surface area contributed by atoms with E-state index < -0.39 is 0 Å². The molecule has 0 bridgehead atoms. The molecule has 38 heavy (non-hydrogen) atoms. The fourth-order valence-corrected chi connectivity index (χ4v) is 6.82. The standard InChI is InChI=1S/C27H38N8O2S/c28-19-7-1-2-8-20(19)30-15-17-5-3-9-21-23(17)32-26(38-21)22-24(31-18-6-4-10-29-16-18)33-27(34-25(22)36)35-11-13-37-14-12-35/h3,5,9,18-20,29-30H,1-2,4,6-8,10-16,28H2,(H2,31,33,34,36)/t18-,19-,20+/m1/s1. The van der Waals surface area contributed by atoms with Gasteiger partial charge in [-0.05, 0) is 43.9 Å². The first-order valence-corrected chi connectivity index (χ1v) is 14.8. The number of para-hydroxylation sites is 1. The summed E-state index contributed by atoms with van der Waals surface area (Å²) in [7, 11) is 0. The van der Waals surface area contributed by atoms with E-state index in [1.807, 2.05) is 0 Å². The van der Waals surface area contributed by atoms with Gasteiger partial charge < -0.3 is 31.3 Å². The van der Waals surface area contributed by atoms with Crippen LogP contribution in [-0.4, -0.2) is 72.5 Å². The number of nitrogens with zero attached hydrogens (tertiary/aromatic N) is 3. The Bertz CT molecular complexity index is 1300. The van der Waals surface area contributed by atoms with E-state index in [0.29, 0.717) is 61.2 Å². The van der Waals surface area contributed by atoms with Gasteiger partial charge in [-0.3, -0.25) is 9.78 Å². The first kappa shape index (κ1) is 25.7. The van der Waals surface area contributed by atoms with Gasteiger partial charge in [0, 0.05) is 44.3 Å². The Balaban J connectivity index is 1.33. The number of H-pyrrole nitrogens is 1. The molecule has 3 atom stereocenters. The number of ether oxygens (including phenoxy) is 1. The molecule has 3 aromatic rings. The van der Waals surface area contributed by atoms with E-state index in [4.69, 9.17) is 20.4 Å². The van der Waals surface area contributed by atoms with Crippen LogP contribution in [0.3, 0.4) is 0 Å². The Morgan fingerprint density at radius 1 is 1.13 bits per heavy atom. The molecular formula is C27H38N8O2S. The molecule has 0 spiro atoms. The number of rotatable bonds is 7. The minimum Gasteiger partial charge on any atom is -0.378 e. The number of thiazole rings is 1. The van der Waals surface area contributed by atoms with Crippen molar-refractivity contribution >= 4 is 33.3 Å². The van der Waals surface area contributed by atoms with Crippen LogP contribution >= 0.6 is 11.3 Å². The lowest BCUT2D eigenvalue weighted by Crippen LogP contribution is -2.46. The molecular weight excluding hydrogens is 500 g/mol. The zero-order valence-electron chi connectivity index (χ0n) is 21.8. The van der Waals surface area contributed by atoms with Crippen LogP contribution in [0.25, 0.3) is 20.8 Å². The number of anilines is 2. The van der Waals surface area contributed by atoms with Crippen LogP contribution in [0.5, 0.6) is 0 Å². The van der Waals surface area contributed by atoms with Gasteiger partial charge in [-0.15, -0.1) is 11.3 Å². The predicted molar refractivity (Wildman–Crippen MR) is 153 cm³/mol. The summed E-state index contributed by atoms with van der Waals surface area (Å²) in [4.78, 5) is 28.7. The van der Waals surface area contributed by atoms with Gasteiger partial charge in [0.25, 0.3) is 5.56 Å². The molecule has 11 heteroatoms. The summed E-state index contributed by atoms with van der Waals surface area (Å²) in [5, 5.41) is 11.4. The minimum absolute atomic E-state index is 0.167. The van der Waals surface area contributed by atoms with E-state index in [0.717, 1.165) is 54.6 Å². The number of hydrogen-bond acceptors (Lipinski definition) is 10. The van der Waals surface area contributed by atoms with Crippen molar-refractivity contribution in [3.05, 3.63) is 34.1 Å². The highest BCUT2D eigenvalue weighted by Gasteiger charge is 2.25. The van der Waals surface area contributed by atoms with Gasteiger partial charge in [0.1, 0.15) is 16.4 Å². The first-order chi connectivity index (χ1) is 18.7. The summed E-state index contributed by atoms with van der Waals surface area (Å²) < 4.78 is 6.56. The lowest BCUT2D eigenvalue weighted by molar-refractivity contribution is 0.122. The number of fused-ring (bicyclic) bond motifs is 1. The number of aromatic nitrogens is 3. The lowest BCUT2D eigenvalue weighted by atomic mass is 9.91. The number of aromatic amines is 1. The topological polar surface area (TPSA) is 133 Å². The quantitative estimate of drug-likeness (QED) is 0.307. The molecule has 10 nitrogen and oxygen atoms in total. The average molecular weight is 539 g/mol. The number of piperidine rings is 1. The number of morpholine rings is 1. The van der Waals surface area contributed by atoms with E-state index in [-0.39, 0.29) is 17.6 Å². The second-order valence-electron chi connectivity index (χ2n) is 10.6. The third-order valence-electron chi connectivity index (χ3n) is 7.95. The molecule has 6 rings (SSSR count). The van der Waals surface area contributed by atoms with Gasteiger partial charge in [-0.1, -0.05) is 25.0 Å². The van der Waals surface area contributed by atoms with Crippen molar-refractivity contribution < 1.29 is 4.74 Å². The third kappa shape index (κ3) is 5.57. The Hall–Kier alpha value is -2.57. The molecule has 2 aliphatic heterocycles. The average Bonchev–Trinajstić information content (AvgIpc) is 3.38. The predicted octanol–water partition coefficient (Wildman–Crippen LogP) is 2.41. The summed E-state index contributed by atoms with van der Waals surface area (Å²) in [6.45, 7) is 5.24. The third-order valence-corrected chi connectivity index (χ3v) is 8.98. The van der Waals surface area contributed by atoms with Crippen LogP contribution in [0.1, 0.15) is 44.1 Å². The molecule has 1 aromatic carbocycles. The number of nitrogens with two attached hydrogens (primary N) is 1. The summed E-state index contributed by atoms with van der Waals surface area (Å²) in [5.74, 6) is 1.19. The van der Waals surface area contributed by atoms with Crippen LogP contribution in [0, 0.1) is 0 Å². The zero-order valence-corrected chi connectivity index (χ0v) is 22.6. The van der Waals surface area contributed by atoms with E-state index >= 15 is 0 Å². The smallest absolute Gasteiger partial charge is 0.264 e. The Labute approximate surface area is 226 Å². The van der Waals surface area contributed by atoms with E-state index in [1.165, 1.54) is 12.8 Å². The molecule has 0 radical (unpaired) electrons. The van der Waals surface area contributed by atoms with Crippen molar-refractivity contribution in [1.29, 1.82) is 0 Å². The lowest BCUT2D eigenvalue weighted by Gasteiger charge is -2.29. The Kier molecular flexibility index (Phi) is 7.89. The molecule has 6 N–H and O–H groups in total. The molecule has 0 amide bonds. The van der Waals surface area contributed by atoms with Gasteiger partial charge >= 0.3 is 0 Å². The van der Waals surface area contributed by atoms with Crippen molar-refractivity contribution in [1.82, 2.24) is 25.6 Å². The van der Waals surface area contributed by atoms with Gasteiger partial charge in [0.05, 0.1) is 23.4 Å². The van der Waals surface area contributed by atoms with Gasteiger partial charge in [0.15, 0.2) is 0 Å². The zero-order chi connectivity index (χ0) is 25.9. The number of benzene rings is 1. The van der Waals surface area contributed by atoms with Crippen LogP contribution in [-0.2, 0) is 11.3 Å². The fourth-order valence-electron chi connectivity index (χ4n) is 5.77. The highest BCUT2D eigenvalue weighted by atomic mass is 32.1. The summed E-state index contributed by atoms with van der Waals surface area (Å²) in [6, 6.07) is 7.00. The maximum absolute atomic E-state index is 13.6. The highest BCUT2D eigenvalue weighted by Crippen LogP contribution is 2.34. The van der Waals surface area contributed by atoms with E-state index in [1.54, 1.807) is 11.3 Å². The van der Waals surface area contributed by atoms with Gasteiger partial charge in [0.2, 0.25) is 5.95 Å². The molecule has 2 aromatic heterocycles. The van der Waals surface area contributed by atoms with Crippen LogP contribution < -0.4 is 32.1 Å². The molecule has 4 heterocycles. The van der Waals surface area contributed by atoms with E-state index in [2.05, 4.69) is 44.0 Å². The Morgan fingerprint density at radius 2 is 2.00 bits per heavy atom. The monoisotopic (exact) mass is 538 g/mol. The summed E-state index contributed by atoms with van der Waals surface area (Å²) in [5.41, 5.74) is 8.78. The summed E-state index contributed by atoms with van der Waals surface area (Å²) in [6.07, 6.45) is 6.75. The minimum atomic E-state index is -0.167. The van der Waals surface area contributed by atoms with Crippen molar-refractivity contribution in [2.24, 2.45) is 5.73 Å². The molecule has 3 fully saturated rings. The van der Waals surface area contributed by atoms with Crippen LogP contribution in [0.4, 0.5) is 11.8 Å². The number of nitrogens with one attached hydrogen (secondary N) is 4. The molecule has 1 aliphatic carbocycles. The van der Waals surface area contributed by atoms with Crippen LogP contribution in [0.2, 0.25) is 0 Å². The molecule has 1 saturated carbocycles. The van der Waals surface area contributed by atoms with Gasteiger partial charge in [-0.2, -0.15) is 4.98 Å². The van der Waals surface area contributed by atoms with E-state index in [9.17, 15) is 4.79 Å². The largest absolute Gasteiger partial charge is 0.378 e. The maximum atomic E-state index is 13.6. The van der Waals surface area contributed by atoms with Gasteiger partial charge in [-0.25, -0.2) is 4.98 Å². The second-order valence-corrected chi connectivity index (χ2v) is 11.6. The molecule has 3 aliphatic rings. The molecule has 0 unspecified atom stereocenters. The van der Waals surface area contributed by atoms with Crippen molar-refractivity contribution in [2.45, 2.75) is 63.2 Å². The van der Waals surface area contributed by atoms with Crippen LogP contribution in [0.15, 0.2) is 23.0 Å². The normalized spacial score (nSPS) is 24.6. The molecule has 2 saturated heterocycles. The van der Waals surface area contributed by atoms with Crippen molar-refractivity contribution in [3.8, 4) is 10.6 Å². The number of hydrogen-bond donors (Lipinski definition) is 5. The highest BCUT2D eigenvalue weighted by molar-refractivity contribution is 7.21. The second kappa shape index (κ2) is 11.7. The summed E-state index contributed by atoms with van der Waals surface area (Å²) >= 11 is 1.55. The molecule has 204 valence electrons. The Morgan fingerprint density at radius 3 is 2.82 bits per heavy atom. The van der Waals surface area contributed by atoms with Crippen molar-refractivity contribution in [3.63, 3.8) is 0 Å². The maximum Gasteiger partial charge on any atom is 0.264 e. The fraction of sp³-hybridized carbons (Fsp3) is 0.593. The SMILES string of the molecule is N[C@@H]1CCCC[C@@H]1NCc1cccc2sc(-c3c(N[C@@H]4CCCNC4)nc(N4CCOCC4)[nH]c3=O)nc12.